The van der Waals surface area contributed by atoms with Gasteiger partial charge in [-0.3, -0.25) is 0 Å². The summed E-state index contributed by atoms with van der Waals surface area (Å²) >= 11 is 1.08. The predicted octanol–water partition coefficient (Wildman–Crippen LogP) is 3.43. The van der Waals surface area contributed by atoms with Gasteiger partial charge >= 0.3 is 0 Å². The largest absolute Gasteiger partial charge is 0.238 e. The van der Waals surface area contributed by atoms with E-state index in [1.54, 1.807) is 4.68 Å². The third-order valence-corrected chi connectivity index (χ3v) is 4.51. The van der Waals surface area contributed by atoms with Crippen LogP contribution in [0.25, 0.3) is 5.69 Å². The molecule has 3 aromatic rings. The molecule has 0 saturated heterocycles. The zero-order valence-electron chi connectivity index (χ0n) is 13.6. The smallest absolute Gasteiger partial charge is 0.220 e. The minimum absolute atomic E-state index is 0.219. The number of rotatable bonds is 5. The topological polar surface area (TPSA) is 69.4 Å². The van der Waals surface area contributed by atoms with Gasteiger partial charge in [0.15, 0.2) is 5.82 Å². The minimum Gasteiger partial charge on any atom is -0.238 e. The molecule has 0 N–H and O–H groups in total. The second-order valence-corrected chi connectivity index (χ2v) is 6.47. The standard InChI is InChI=1S/C16H17FN6S/c1-4-13-14(17)15(19-9-18-13)24-16-20-21-22-23(16)12-7-5-11(6-8-12)10(2)3/h5-10H,4H2,1-3H3. The van der Waals surface area contributed by atoms with Crippen LogP contribution in [0.3, 0.4) is 0 Å². The van der Waals surface area contributed by atoms with E-state index in [-0.39, 0.29) is 5.03 Å². The van der Waals surface area contributed by atoms with E-state index >= 15 is 0 Å². The Morgan fingerprint density at radius 3 is 2.58 bits per heavy atom. The highest BCUT2D eigenvalue weighted by Gasteiger charge is 2.16. The Morgan fingerprint density at radius 2 is 1.92 bits per heavy atom. The molecule has 0 atom stereocenters. The van der Waals surface area contributed by atoms with Crippen molar-refractivity contribution in [2.75, 3.05) is 0 Å². The first kappa shape index (κ1) is 16.5. The molecule has 0 aliphatic heterocycles. The average Bonchev–Trinajstić information content (AvgIpc) is 3.05. The number of nitrogens with zero attached hydrogens (tertiary/aromatic N) is 6. The van der Waals surface area contributed by atoms with Crippen molar-refractivity contribution in [1.82, 2.24) is 30.2 Å². The molecule has 0 amide bonds. The number of tetrazole rings is 1. The number of hydrogen-bond donors (Lipinski definition) is 0. The van der Waals surface area contributed by atoms with Crippen LogP contribution in [0.2, 0.25) is 0 Å². The highest BCUT2D eigenvalue weighted by atomic mass is 32.2. The summed E-state index contributed by atoms with van der Waals surface area (Å²) in [5, 5.41) is 12.3. The van der Waals surface area contributed by atoms with Crippen molar-refractivity contribution < 1.29 is 4.39 Å². The summed E-state index contributed by atoms with van der Waals surface area (Å²) in [6.07, 6.45) is 1.86. The lowest BCUT2D eigenvalue weighted by Crippen LogP contribution is -2.02. The maximum Gasteiger partial charge on any atom is 0.220 e. The summed E-state index contributed by atoms with van der Waals surface area (Å²) < 4.78 is 15.9. The van der Waals surface area contributed by atoms with E-state index in [1.165, 1.54) is 11.9 Å². The Morgan fingerprint density at radius 1 is 1.17 bits per heavy atom. The third kappa shape index (κ3) is 3.28. The molecule has 24 heavy (non-hydrogen) atoms. The van der Waals surface area contributed by atoms with Gasteiger partial charge in [0, 0.05) is 0 Å². The van der Waals surface area contributed by atoms with E-state index in [0.717, 1.165) is 17.4 Å². The van der Waals surface area contributed by atoms with Crippen molar-refractivity contribution in [2.45, 2.75) is 43.3 Å². The van der Waals surface area contributed by atoms with Crippen LogP contribution in [-0.4, -0.2) is 30.2 Å². The number of halogens is 1. The molecule has 0 radical (unpaired) electrons. The van der Waals surface area contributed by atoms with Gasteiger partial charge in [0.25, 0.3) is 0 Å². The van der Waals surface area contributed by atoms with Gasteiger partial charge in [-0.15, -0.1) is 5.10 Å². The predicted molar refractivity (Wildman–Crippen MR) is 88.7 cm³/mol. The first-order valence-corrected chi connectivity index (χ1v) is 8.47. The maximum atomic E-state index is 14.3. The lowest BCUT2D eigenvalue weighted by atomic mass is 10.0. The first-order chi connectivity index (χ1) is 11.6. The number of benzene rings is 1. The molecule has 124 valence electrons. The van der Waals surface area contributed by atoms with Crippen LogP contribution in [0.5, 0.6) is 0 Å². The lowest BCUT2D eigenvalue weighted by Gasteiger charge is -2.08. The van der Waals surface area contributed by atoms with Gasteiger partial charge < -0.3 is 0 Å². The van der Waals surface area contributed by atoms with E-state index in [1.807, 2.05) is 31.2 Å². The Balaban J connectivity index is 1.91. The van der Waals surface area contributed by atoms with Gasteiger partial charge in [0.2, 0.25) is 5.16 Å². The Bertz CT molecular complexity index is 831. The van der Waals surface area contributed by atoms with Crippen LogP contribution in [0, 0.1) is 5.82 Å². The normalized spacial score (nSPS) is 11.2. The number of aromatic nitrogens is 6. The van der Waals surface area contributed by atoms with E-state index < -0.39 is 5.82 Å². The Hall–Kier alpha value is -2.35. The molecule has 2 heterocycles. The second-order valence-electron chi connectivity index (χ2n) is 5.51. The van der Waals surface area contributed by atoms with Gasteiger partial charge in [-0.05, 0) is 52.2 Å². The van der Waals surface area contributed by atoms with Crippen molar-refractivity contribution in [2.24, 2.45) is 0 Å². The van der Waals surface area contributed by atoms with Crippen molar-refractivity contribution in [3.63, 3.8) is 0 Å². The molecule has 0 aliphatic carbocycles. The fourth-order valence-corrected chi connectivity index (χ4v) is 2.98. The molecule has 0 fully saturated rings. The molecule has 2 aromatic heterocycles. The van der Waals surface area contributed by atoms with Gasteiger partial charge in [-0.2, -0.15) is 4.68 Å². The average molecular weight is 344 g/mol. The van der Waals surface area contributed by atoms with Gasteiger partial charge in [0.05, 0.1) is 11.4 Å². The summed E-state index contributed by atoms with van der Waals surface area (Å²) in [4.78, 5) is 7.94. The molecule has 6 nitrogen and oxygen atoms in total. The summed E-state index contributed by atoms with van der Waals surface area (Å²) in [5.41, 5.74) is 2.43. The quantitative estimate of drug-likeness (QED) is 0.661. The van der Waals surface area contributed by atoms with Gasteiger partial charge in [0.1, 0.15) is 11.4 Å². The minimum atomic E-state index is -0.422. The third-order valence-electron chi connectivity index (χ3n) is 3.60. The Labute approximate surface area is 143 Å². The maximum absolute atomic E-state index is 14.3. The zero-order chi connectivity index (χ0) is 17.1. The van der Waals surface area contributed by atoms with Crippen molar-refractivity contribution in [3.8, 4) is 5.69 Å². The molecular formula is C16H17FN6S. The van der Waals surface area contributed by atoms with Gasteiger partial charge in [-0.25, -0.2) is 14.4 Å². The SMILES string of the molecule is CCc1ncnc(Sc2nnnn2-c2ccc(C(C)C)cc2)c1F. The van der Waals surface area contributed by atoms with Crippen LogP contribution >= 0.6 is 11.8 Å². The highest BCUT2D eigenvalue weighted by Crippen LogP contribution is 2.28. The number of aryl methyl sites for hydroxylation is 1. The van der Waals surface area contributed by atoms with Crippen molar-refractivity contribution in [1.29, 1.82) is 0 Å². The number of hydrogen-bond acceptors (Lipinski definition) is 6. The zero-order valence-corrected chi connectivity index (χ0v) is 14.5. The van der Waals surface area contributed by atoms with E-state index in [2.05, 4.69) is 39.3 Å². The highest BCUT2D eigenvalue weighted by molar-refractivity contribution is 7.99. The van der Waals surface area contributed by atoms with Crippen LogP contribution < -0.4 is 0 Å². The van der Waals surface area contributed by atoms with Crippen LogP contribution in [0.4, 0.5) is 4.39 Å². The summed E-state index contributed by atoms with van der Waals surface area (Å²) in [6, 6.07) is 7.97. The van der Waals surface area contributed by atoms with E-state index in [0.29, 0.717) is 23.2 Å². The fourth-order valence-electron chi connectivity index (χ4n) is 2.20. The molecule has 0 bridgehead atoms. The molecule has 3 rings (SSSR count). The lowest BCUT2D eigenvalue weighted by molar-refractivity contribution is 0.558. The molecule has 0 saturated carbocycles. The van der Waals surface area contributed by atoms with Crippen LogP contribution in [0.1, 0.15) is 37.9 Å². The monoisotopic (exact) mass is 344 g/mol. The van der Waals surface area contributed by atoms with E-state index in [4.69, 9.17) is 0 Å². The fraction of sp³-hybridized carbons (Fsp3) is 0.312. The molecule has 1 aromatic carbocycles. The van der Waals surface area contributed by atoms with Crippen molar-refractivity contribution >= 4 is 11.8 Å². The second kappa shape index (κ2) is 7.04. The molecule has 0 unspecified atom stereocenters. The summed E-state index contributed by atoms with van der Waals surface area (Å²) in [6.45, 7) is 6.12. The van der Waals surface area contributed by atoms with Crippen molar-refractivity contribution in [3.05, 3.63) is 47.7 Å². The Kier molecular flexibility index (Phi) is 4.84. The van der Waals surface area contributed by atoms with Gasteiger partial charge in [-0.1, -0.05) is 32.9 Å². The van der Waals surface area contributed by atoms with Crippen LogP contribution in [-0.2, 0) is 6.42 Å². The summed E-state index contributed by atoms with van der Waals surface area (Å²) in [5.74, 6) is 0.0269. The van der Waals surface area contributed by atoms with Crippen LogP contribution in [0.15, 0.2) is 40.8 Å². The van der Waals surface area contributed by atoms with E-state index in [9.17, 15) is 4.39 Å². The molecule has 0 spiro atoms. The molecule has 0 aliphatic rings. The molecule has 8 heteroatoms. The summed E-state index contributed by atoms with van der Waals surface area (Å²) in [7, 11) is 0. The molecular weight excluding hydrogens is 327 g/mol. The first-order valence-electron chi connectivity index (χ1n) is 7.66.